The second kappa shape index (κ2) is 7.89. The van der Waals surface area contributed by atoms with Gasteiger partial charge < -0.3 is 15.7 Å². The molecule has 0 saturated heterocycles. The zero-order valence-electron chi connectivity index (χ0n) is 18.9. The molecule has 0 aliphatic carbocycles. The summed E-state index contributed by atoms with van der Waals surface area (Å²) in [6.45, 7) is 1.87. The maximum absolute atomic E-state index is 13.4. The van der Waals surface area contributed by atoms with Gasteiger partial charge in [-0.2, -0.15) is 5.10 Å². The maximum Gasteiger partial charge on any atom is 0.214 e. The molecule has 0 radical (unpaired) electrons. The van der Waals surface area contributed by atoms with Gasteiger partial charge in [-0.05, 0) is 49.4 Å². The number of aryl methyl sites for hydroxylation is 1. The molecule has 6 rings (SSSR count). The van der Waals surface area contributed by atoms with Gasteiger partial charge in [0.1, 0.15) is 17.3 Å². The smallest absolute Gasteiger partial charge is 0.214 e. The molecule has 0 fully saturated rings. The molecule has 10 nitrogen and oxygen atoms in total. The number of pyridine rings is 1. The number of H-pyrrole nitrogens is 2. The zero-order valence-corrected chi connectivity index (χ0v) is 19.7. The summed E-state index contributed by atoms with van der Waals surface area (Å²) in [5.74, 6) is 0.499. The Bertz CT molecular complexity index is 1900. The minimum absolute atomic E-state index is 0.0558. The number of sulfone groups is 1. The second-order valence-corrected chi connectivity index (χ2v) is 10.2. The number of nitrogens with one attached hydrogen (secondary N) is 2. The minimum atomic E-state index is -3.82. The highest BCUT2D eigenvalue weighted by molar-refractivity contribution is 7.91. The van der Waals surface area contributed by atoms with Crippen molar-refractivity contribution < 1.29 is 13.2 Å². The Morgan fingerprint density at radius 2 is 1.83 bits per heavy atom. The standard InChI is InChI=1S/C25H19N7O3S/c1-14-29-19-8-7-15(11-20(19)30-14)32-24(26)18(13-28-32)23(33)21-12-17-22(9-10-27-25(17)31-21)36(34,35)16-5-3-2-4-6-16/h2-13H,26H2,1H3,(H,27,31)(H,29,30). The topological polar surface area (TPSA) is 152 Å². The molecule has 0 aliphatic heterocycles. The highest BCUT2D eigenvalue weighted by Gasteiger charge is 2.25. The first-order chi connectivity index (χ1) is 17.3. The number of nitrogen functional groups attached to an aromatic ring is 1. The van der Waals surface area contributed by atoms with Gasteiger partial charge in [-0.1, -0.05) is 18.2 Å². The molecule has 0 aliphatic rings. The largest absolute Gasteiger partial charge is 0.383 e. The number of imidazole rings is 1. The number of carbonyl (C=O) groups excluding carboxylic acids is 1. The fourth-order valence-electron chi connectivity index (χ4n) is 4.22. The molecule has 2 aromatic carbocycles. The van der Waals surface area contributed by atoms with Crippen molar-refractivity contribution in [1.82, 2.24) is 29.7 Å². The van der Waals surface area contributed by atoms with Crippen molar-refractivity contribution in [1.29, 1.82) is 0 Å². The molecule has 4 N–H and O–H groups in total. The minimum Gasteiger partial charge on any atom is -0.383 e. The van der Waals surface area contributed by atoms with E-state index in [2.05, 4.69) is 25.0 Å². The fraction of sp³-hybridized carbons (Fsp3) is 0.0400. The number of aromatic nitrogens is 6. The first-order valence-electron chi connectivity index (χ1n) is 11.0. The van der Waals surface area contributed by atoms with Crippen molar-refractivity contribution in [2.24, 2.45) is 0 Å². The first kappa shape index (κ1) is 21.7. The number of benzene rings is 2. The van der Waals surface area contributed by atoms with Crippen molar-refractivity contribution in [2.45, 2.75) is 16.7 Å². The SMILES string of the molecule is Cc1nc2cc(-n3ncc(C(=O)c4cc5c(S(=O)(=O)c6ccccc6)ccnc5[nH]4)c3N)ccc2[nH]1. The third-order valence-corrected chi connectivity index (χ3v) is 7.79. The number of rotatable bonds is 5. The summed E-state index contributed by atoms with van der Waals surface area (Å²) in [4.78, 5) is 28.3. The Balaban J connectivity index is 1.40. The molecule has 0 spiro atoms. The van der Waals surface area contributed by atoms with Crippen LogP contribution in [0.5, 0.6) is 0 Å². The van der Waals surface area contributed by atoms with Crippen LogP contribution in [0.15, 0.2) is 82.8 Å². The van der Waals surface area contributed by atoms with Crippen LogP contribution in [-0.2, 0) is 9.84 Å². The van der Waals surface area contributed by atoms with E-state index in [0.717, 1.165) is 16.9 Å². The predicted molar refractivity (Wildman–Crippen MR) is 134 cm³/mol. The Hall–Kier alpha value is -4.77. The van der Waals surface area contributed by atoms with Gasteiger partial charge in [-0.3, -0.25) is 4.79 Å². The number of anilines is 1. The first-order valence-corrected chi connectivity index (χ1v) is 12.4. The van der Waals surface area contributed by atoms with Crippen LogP contribution in [0.25, 0.3) is 27.8 Å². The van der Waals surface area contributed by atoms with Crippen molar-refractivity contribution in [3.05, 3.63) is 90.1 Å². The molecule has 0 atom stereocenters. The summed E-state index contributed by atoms with van der Waals surface area (Å²) >= 11 is 0. The van der Waals surface area contributed by atoms with Crippen LogP contribution in [-0.4, -0.2) is 43.9 Å². The number of ketones is 1. The van der Waals surface area contributed by atoms with Crippen LogP contribution >= 0.6 is 0 Å². The van der Waals surface area contributed by atoms with Crippen LogP contribution in [0, 0.1) is 6.92 Å². The van der Waals surface area contributed by atoms with Crippen LogP contribution < -0.4 is 5.73 Å². The average molecular weight is 498 g/mol. The van der Waals surface area contributed by atoms with Gasteiger partial charge in [-0.25, -0.2) is 23.1 Å². The lowest BCUT2D eigenvalue weighted by Crippen LogP contribution is -2.07. The number of carbonyl (C=O) groups is 1. The molecular formula is C25H19N7O3S. The number of hydrogen-bond donors (Lipinski definition) is 3. The summed E-state index contributed by atoms with van der Waals surface area (Å²) in [7, 11) is -3.82. The number of nitrogens with zero attached hydrogens (tertiary/aromatic N) is 4. The van der Waals surface area contributed by atoms with E-state index in [4.69, 9.17) is 5.73 Å². The third kappa shape index (κ3) is 3.36. The zero-order chi connectivity index (χ0) is 25.0. The Morgan fingerprint density at radius 3 is 2.64 bits per heavy atom. The predicted octanol–water partition coefficient (Wildman–Crippen LogP) is 3.58. The van der Waals surface area contributed by atoms with Crippen molar-refractivity contribution in [3.8, 4) is 5.69 Å². The molecule has 0 bridgehead atoms. The highest BCUT2D eigenvalue weighted by Crippen LogP contribution is 2.29. The van der Waals surface area contributed by atoms with Gasteiger partial charge in [0.05, 0.1) is 44.0 Å². The summed E-state index contributed by atoms with van der Waals surface area (Å²) < 4.78 is 27.9. The summed E-state index contributed by atoms with van der Waals surface area (Å²) in [6.07, 6.45) is 2.78. The van der Waals surface area contributed by atoms with Gasteiger partial charge in [0.25, 0.3) is 0 Å². The average Bonchev–Trinajstić information content (AvgIpc) is 3.58. The molecule has 178 valence electrons. The van der Waals surface area contributed by atoms with Crippen molar-refractivity contribution in [2.75, 3.05) is 5.73 Å². The fourth-order valence-corrected chi connectivity index (χ4v) is 5.68. The van der Waals surface area contributed by atoms with E-state index in [-0.39, 0.29) is 32.5 Å². The van der Waals surface area contributed by atoms with E-state index >= 15 is 0 Å². The Morgan fingerprint density at radius 1 is 1.03 bits per heavy atom. The molecule has 0 unspecified atom stereocenters. The van der Waals surface area contributed by atoms with Crippen molar-refractivity contribution >= 4 is 43.5 Å². The lowest BCUT2D eigenvalue weighted by molar-refractivity contribution is 0.103. The van der Waals surface area contributed by atoms with Gasteiger partial charge >= 0.3 is 0 Å². The van der Waals surface area contributed by atoms with E-state index in [1.54, 1.807) is 18.2 Å². The number of hydrogen-bond acceptors (Lipinski definition) is 7. The summed E-state index contributed by atoms with van der Waals surface area (Å²) in [5, 5.41) is 4.62. The van der Waals surface area contributed by atoms with E-state index in [9.17, 15) is 13.2 Å². The van der Waals surface area contributed by atoms with Gasteiger partial charge in [0.2, 0.25) is 15.6 Å². The van der Waals surface area contributed by atoms with Crippen LogP contribution in [0.2, 0.25) is 0 Å². The lowest BCUT2D eigenvalue weighted by Gasteiger charge is -2.05. The van der Waals surface area contributed by atoms with E-state index < -0.39 is 15.6 Å². The molecule has 4 aromatic heterocycles. The molecule has 11 heteroatoms. The van der Waals surface area contributed by atoms with E-state index in [0.29, 0.717) is 11.1 Å². The molecule has 6 aromatic rings. The molecular weight excluding hydrogens is 478 g/mol. The summed E-state index contributed by atoms with van der Waals surface area (Å²) in [6, 6.07) is 16.5. The number of aromatic amines is 2. The maximum atomic E-state index is 13.4. The number of nitrogens with two attached hydrogens (primary N) is 1. The van der Waals surface area contributed by atoms with Crippen LogP contribution in [0.1, 0.15) is 21.9 Å². The number of fused-ring (bicyclic) bond motifs is 2. The molecule has 4 heterocycles. The highest BCUT2D eigenvalue weighted by atomic mass is 32.2. The quantitative estimate of drug-likeness (QED) is 0.308. The van der Waals surface area contributed by atoms with E-state index in [1.807, 2.05) is 25.1 Å². The monoisotopic (exact) mass is 497 g/mol. The van der Waals surface area contributed by atoms with Gasteiger partial charge in [-0.15, -0.1) is 0 Å². The van der Waals surface area contributed by atoms with Gasteiger partial charge in [0, 0.05) is 11.6 Å². The Kier molecular flexibility index (Phi) is 4.76. The van der Waals surface area contributed by atoms with E-state index in [1.165, 1.54) is 41.3 Å². The molecule has 0 saturated carbocycles. The lowest BCUT2D eigenvalue weighted by atomic mass is 10.1. The van der Waals surface area contributed by atoms with Crippen molar-refractivity contribution in [3.63, 3.8) is 0 Å². The normalized spacial score (nSPS) is 11.9. The molecule has 0 amide bonds. The van der Waals surface area contributed by atoms with Gasteiger partial charge in [0.15, 0.2) is 0 Å². The second-order valence-electron chi connectivity index (χ2n) is 8.28. The van der Waals surface area contributed by atoms with Crippen LogP contribution in [0.3, 0.4) is 0 Å². The molecule has 36 heavy (non-hydrogen) atoms. The third-order valence-electron chi connectivity index (χ3n) is 5.96. The van der Waals surface area contributed by atoms with Crippen LogP contribution in [0.4, 0.5) is 5.82 Å². The Labute approximate surface area is 204 Å². The summed E-state index contributed by atoms with van der Waals surface area (Å²) in [5.41, 5.74) is 9.21.